The molecule has 0 fully saturated rings. The summed E-state index contributed by atoms with van der Waals surface area (Å²) < 4.78 is 15.4. The highest BCUT2D eigenvalue weighted by Gasteiger charge is 2.34. The second-order valence-corrected chi connectivity index (χ2v) is 9.32. The number of fused-ring (bicyclic) bond motifs is 1. The van der Waals surface area contributed by atoms with Gasteiger partial charge in [-0.25, -0.2) is 9.07 Å². The van der Waals surface area contributed by atoms with E-state index in [1.807, 2.05) is 43.3 Å². The van der Waals surface area contributed by atoms with E-state index in [9.17, 15) is 9.18 Å². The van der Waals surface area contributed by atoms with Crippen LogP contribution in [0.4, 0.5) is 16.0 Å². The van der Waals surface area contributed by atoms with Gasteiger partial charge in [0.05, 0.1) is 5.57 Å². The number of hydrogen-bond donors (Lipinski definition) is 2. The van der Waals surface area contributed by atoms with E-state index >= 15 is 0 Å². The topological polar surface area (TPSA) is 71.8 Å². The molecule has 3 aromatic carbocycles. The van der Waals surface area contributed by atoms with Crippen LogP contribution in [0.2, 0.25) is 0 Å². The summed E-state index contributed by atoms with van der Waals surface area (Å²) in [5, 5.41) is 11.5. The number of carbonyl (C=O) groups excluding carboxylic acids is 1. The van der Waals surface area contributed by atoms with Gasteiger partial charge in [0.15, 0.2) is 0 Å². The van der Waals surface area contributed by atoms with Crippen molar-refractivity contribution in [3.05, 3.63) is 113 Å². The van der Waals surface area contributed by atoms with Crippen molar-refractivity contribution >= 4 is 29.3 Å². The van der Waals surface area contributed by atoms with E-state index in [1.54, 1.807) is 16.8 Å². The molecule has 2 N–H and O–H groups in total. The molecule has 8 heteroatoms. The predicted octanol–water partition coefficient (Wildman–Crippen LogP) is 5.95. The number of halogens is 1. The Balaban J connectivity index is 1.48. The Morgan fingerprint density at radius 3 is 2.57 bits per heavy atom. The fraction of sp³-hybridized carbons (Fsp3) is 0.148. The number of amides is 1. The lowest BCUT2D eigenvalue weighted by Gasteiger charge is -2.28. The van der Waals surface area contributed by atoms with Crippen molar-refractivity contribution in [2.24, 2.45) is 0 Å². The molecule has 35 heavy (non-hydrogen) atoms. The normalized spacial score (nSPS) is 14.9. The maximum atomic E-state index is 13.7. The van der Waals surface area contributed by atoms with E-state index in [0.29, 0.717) is 28.1 Å². The van der Waals surface area contributed by atoms with E-state index < -0.39 is 6.04 Å². The van der Waals surface area contributed by atoms with Crippen LogP contribution < -0.4 is 10.6 Å². The largest absolute Gasteiger partial charge is 0.328 e. The first-order valence-corrected chi connectivity index (χ1v) is 12.2. The number of aryl methyl sites for hydroxylation is 1. The summed E-state index contributed by atoms with van der Waals surface area (Å²) in [5.74, 6) is 0.664. The van der Waals surface area contributed by atoms with Crippen molar-refractivity contribution in [3.63, 3.8) is 0 Å². The molecular formula is C27H24FN5OS. The lowest BCUT2D eigenvalue weighted by molar-refractivity contribution is -0.113. The lowest BCUT2D eigenvalue weighted by atomic mass is 9.95. The van der Waals surface area contributed by atoms with Crippen molar-refractivity contribution in [2.75, 3.05) is 10.6 Å². The molecule has 2 heterocycles. The number of aromatic nitrogens is 3. The lowest BCUT2D eigenvalue weighted by Crippen LogP contribution is -2.31. The summed E-state index contributed by atoms with van der Waals surface area (Å²) in [6.07, 6.45) is 0. The number of rotatable bonds is 6. The van der Waals surface area contributed by atoms with E-state index in [4.69, 9.17) is 5.10 Å². The van der Waals surface area contributed by atoms with Crippen molar-refractivity contribution in [1.29, 1.82) is 0 Å². The zero-order valence-corrected chi connectivity index (χ0v) is 20.1. The van der Waals surface area contributed by atoms with Crippen LogP contribution in [0.25, 0.3) is 0 Å². The van der Waals surface area contributed by atoms with Crippen molar-refractivity contribution < 1.29 is 9.18 Å². The molecule has 6 nitrogen and oxygen atoms in total. The van der Waals surface area contributed by atoms with Crippen LogP contribution >= 0.6 is 11.8 Å². The van der Waals surface area contributed by atoms with Crippen LogP contribution in [-0.4, -0.2) is 20.7 Å². The van der Waals surface area contributed by atoms with Gasteiger partial charge in [0.2, 0.25) is 11.1 Å². The van der Waals surface area contributed by atoms with Gasteiger partial charge in [0.25, 0.3) is 5.91 Å². The van der Waals surface area contributed by atoms with Crippen LogP contribution in [-0.2, 0) is 10.5 Å². The van der Waals surface area contributed by atoms with Gasteiger partial charge in [0.1, 0.15) is 11.9 Å². The molecule has 1 unspecified atom stereocenters. The Labute approximate surface area is 207 Å². The predicted molar refractivity (Wildman–Crippen MR) is 137 cm³/mol. The number of hydrogen-bond acceptors (Lipinski definition) is 5. The van der Waals surface area contributed by atoms with Crippen LogP contribution in [0, 0.1) is 12.7 Å². The molecule has 1 aliphatic heterocycles. The standard InChI is InChI=1S/C27H24FN5OS/c1-17-7-6-8-19(15-17)16-35-27-31-26-29-18(2)23(25(34)30-22-9-4-3-5-10-22)24(33(26)32-27)20-11-13-21(28)14-12-20/h3-15,24H,16H2,1-2H3,(H,30,34)(H,29,31,32). The summed E-state index contributed by atoms with van der Waals surface area (Å²) in [6.45, 7) is 3.91. The van der Waals surface area contributed by atoms with Gasteiger partial charge in [-0.3, -0.25) is 4.79 Å². The third-order valence-electron chi connectivity index (χ3n) is 5.75. The zero-order valence-electron chi connectivity index (χ0n) is 19.3. The Morgan fingerprint density at radius 1 is 1.06 bits per heavy atom. The Hall–Kier alpha value is -3.91. The van der Waals surface area contributed by atoms with Crippen LogP contribution in [0.3, 0.4) is 0 Å². The van der Waals surface area contributed by atoms with Crippen LogP contribution in [0.15, 0.2) is 95.3 Å². The number of nitrogens with zero attached hydrogens (tertiary/aromatic N) is 3. The highest BCUT2D eigenvalue weighted by molar-refractivity contribution is 7.98. The fourth-order valence-corrected chi connectivity index (χ4v) is 4.88. The number of carbonyl (C=O) groups is 1. The summed E-state index contributed by atoms with van der Waals surface area (Å²) in [6, 6.07) is 23.2. The zero-order chi connectivity index (χ0) is 24.4. The van der Waals surface area contributed by atoms with Gasteiger partial charge in [-0.2, -0.15) is 4.98 Å². The minimum Gasteiger partial charge on any atom is -0.328 e. The summed E-state index contributed by atoms with van der Waals surface area (Å²) in [5.41, 5.74) is 4.98. The molecule has 0 bridgehead atoms. The summed E-state index contributed by atoms with van der Waals surface area (Å²) in [7, 11) is 0. The SMILES string of the molecule is CC1=C(C(=O)Nc2ccccc2)C(c2ccc(F)cc2)n2nc(SCc3cccc(C)c3)nc2N1. The molecule has 1 aliphatic rings. The number of allylic oxidation sites excluding steroid dienone is 1. The minimum absolute atomic E-state index is 0.259. The third-order valence-corrected chi connectivity index (χ3v) is 6.65. The van der Waals surface area contributed by atoms with E-state index in [1.165, 1.54) is 35.0 Å². The van der Waals surface area contributed by atoms with E-state index in [-0.39, 0.29) is 11.7 Å². The Kier molecular flexibility index (Phi) is 6.37. The highest BCUT2D eigenvalue weighted by atomic mass is 32.2. The first kappa shape index (κ1) is 22.9. The highest BCUT2D eigenvalue weighted by Crippen LogP contribution is 2.37. The monoisotopic (exact) mass is 485 g/mol. The van der Waals surface area contributed by atoms with Gasteiger partial charge in [-0.15, -0.1) is 5.10 Å². The van der Waals surface area contributed by atoms with Gasteiger partial charge in [0, 0.05) is 17.1 Å². The average molecular weight is 486 g/mol. The molecule has 1 atom stereocenters. The second kappa shape index (κ2) is 9.76. The average Bonchev–Trinajstić information content (AvgIpc) is 3.25. The van der Waals surface area contributed by atoms with Crippen molar-refractivity contribution in [3.8, 4) is 0 Å². The second-order valence-electron chi connectivity index (χ2n) is 8.38. The first-order chi connectivity index (χ1) is 17.0. The maximum absolute atomic E-state index is 13.7. The maximum Gasteiger partial charge on any atom is 0.255 e. The van der Waals surface area contributed by atoms with Crippen molar-refractivity contribution in [2.45, 2.75) is 30.8 Å². The molecule has 0 radical (unpaired) electrons. The molecule has 0 aliphatic carbocycles. The molecule has 4 aromatic rings. The molecule has 1 aromatic heterocycles. The van der Waals surface area contributed by atoms with Crippen LogP contribution in [0.5, 0.6) is 0 Å². The number of anilines is 2. The molecule has 176 valence electrons. The molecule has 0 saturated heterocycles. The summed E-state index contributed by atoms with van der Waals surface area (Å²) >= 11 is 1.53. The fourth-order valence-electron chi connectivity index (χ4n) is 4.11. The van der Waals surface area contributed by atoms with E-state index in [2.05, 4.69) is 40.7 Å². The molecule has 0 saturated carbocycles. The number of benzene rings is 3. The molecule has 5 rings (SSSR count). The van der Waals surface area contributed by atoms with E-state index in [0.717, 1.165) is 11.3 Å². The van der Waals surface area contributed by atoms with Crippen molar-refractivity contribution in [1.82, 2.24) is 14.8 Å². The minimum atomic E-state index is -0.559. The van der Waals surface area contributed by atoms with Gasteiger partial charge >= 0.3 is 0 Å². The smallest absolute Gasteiger partial charge is 0.255 e. The number of para-hydroxylation sites is 1. The molecule has 1 amide bonds. The first-order valence-electron chi connectivity index (χ1n) is 11.2. The summed E-state index contributed by atoms with van der Waals surface area (Å²) in [4.78, 5) is 18.1. The molecule has 0 spiro atoms. The van der Waals surface area contributed by atoms with Gasteiger partial charge in [-0.1, -0.05) is 71.9 Å². The Morgan fingerprint density at radius 2 is 1.83 bits per heavy atom. The third kappa shape index (κ3) is 4.97. The number of thioether (sulfide) groups is 1. The number of nitrogens with one attached hydrogen (secondary N) is 2. The quantitative estimate of drug-likeness (QED) is 0.331. The van der Waals surface area contributed by atoms with Gasteiger partial charge < -0.3 is 10.6 Å². The Bertz CT molecular complexity index is 1400. The van der Waals surface area contributed by atoms with Crippen LogP contribution in [0.1, 0.15) is 29.7 Å². The van der Waals surface area contributed by atoms with Gasteiger partial charge in [-0.05, 0) is 49.2 Å². The molecular weight excluding hydrogens is 461 g/mol.